The van der Waals surface area contributed by atoms with Gasteiger partial charge < -0.3 is 11.1 Å². The van der Waals surface area contributed by atoms with Crippen molar-refractivity contribution >= 4 is 21.8 Å². The maximum absolute atomic E-state index is 12.2. The van der Waals surface area contributed by atoms with Gasteiger partial charge in [-0.15, -0.1) is 0 Å². The van der Waals surface area contributed by atoms with Crippen molar-refractivity contribution in [2.45, 2.75) is 51.1 Å². The molecule has 1 saturated carbocycles. The van der Waals surface area contributed by atoms with Crippen molar-refractivity contribution in [2.75, 3.05) is 0 Å². The molecule has 3 nitrogen and oxygen atoms in total. The molecule has 1 aromatic carbocycles. The Morgan fingerprint density at radius 1 is 1.32 bits per heavy atom. The third-order valence-corrected chi connectivity index (χ3v) is 4.67. The molecule has 104 valence electrons. The number of amides is 1. The first-order chi connectivity index (χ1) is 9.08. The molecule has 1 aromatic rings. The zero-order valence-corrected chi connectivity index (χ0v) is 12.9. The Balaban J connectivity index is 2.05. The Hall–Kier alpha value is -0.870. The van der Waals surface area contributed by atoms with Crippen molar-refractivity contribution in [1.29, 1.82) is 0 Å². The van der Waals surface area contributed by atoms with Crippen LogP contribution in [0.15, 0.2) is 22.7 Å². The van der Waals surface area contributed by atoms with Gasteiger partial charge in [-0.3, -0.25) is 4.79 Å². The summed E-state index contributed by atoms with van der Waals surface area (Å²) in [5, 5.41) is 3.09. The third kappa shape index (κ3) is 3.80. The van der Waals surface area contributed by atoms with Gasteiger partial charge >= 0.3 is 0 Å². The molecule has 1 amide bonds. The SMILES string of the molecule is Cc1ccc(C(=O)NC2CCCCCC2N)cc1Br. The molecule has 0 aliphatic heterocycles. The zero-order valence-electron chi connectivity index (χ0n) is 11.3. The van der Waals surface area contributed by atoms with Crippen LogP contribution in [0.5, 0.6) is 0 Å². The van der Waals surface area contributed by atoms with E-state index in [2.05, 4.69) is 21.2 Å². The largest absolute Gasteiger partial charge is 0.348 e. The summed E-state index contributed by atoms with van der Waals surface area (Å²) in [6.45, 7) is 2.01. The van der Waals surface area contributed by atoms with Crippen LogP contribution in [-0.2, 0) is 0 Å². The van der Waals surface area contributed by atoms with Gasteiger partial charge in [0.15, 0.2) is 0 Å². The first-order valence-corrected chi connectivity index (χ1v) is 7.70. The van der Waals surface area contributed by atoms with Crippen LogP contribution in [0.3, 0.4) is 0 Å². The van der Waals surface area contributed by atoms with Gasteiger partial charge in [0.05, 0.1) is 0 Å². The lowest BCUT2D eigenvalue weighted by Gasteiger charge is -2.22. The highest BCUT2D eigenvalue weighted by Crippen LogP contribution is 2.19. The molecule has 1 aliphatic carbocycles. The quantitative estimate of drug-likeness (QED) is 0.821. The predicted molar refractivity (Wildman–Crippen MR) is 81.2 cm³/mol. The number of aryl methyl sites for hydroxylation is 1. The molecular weight excluding hydrogens is 304 g/mol. The Morgan fingerprint density at radius 2 is 2.05 bits per heavy atom. The van der Waals surface area contributed by atoms with Crippen molar-refractivity contribution in [1.82, 2.24) is 5.32 Å². The molecule has 4 heteroatoms. The van der Waals surface area contributed by atoms with Crippen molar-refractivity contribution in [3.63, 3.8) is 0 Å². The lowest BCUT2D eigenvalue weighted by molar-refractivity contribution is 0.0929. The molecule has 0 radical (unpaired) electrons. The number of hydrogen-bond acceptors (Lipinski definition) is 2. The van der Waals surface area contributed by atoms with Gasteiger partial charge in [0.1, 0.15) is 0 Å². The standard InChI is InChI=1S/C15H21BrN2O/c1-10-7-8-11(9-12(10)16)15(19)18-14-6-4-2-3-5-13(14)17/h7-9,13-14H,2-6,17H2,1H3,(H,18,19). The van der Waals surface area contributed by atoms with E-state index in [-0.39, 0.29) is 18.0 Å². The van der Waals surface area contributed by atoms with Gasteiger partial charge in [-0.1, -0.05) is 41.3 Å². The first-order valence-electron chi connectivity index (χ1n) is 6.90. The van der Waals surface area contributed by atoms with E-state index in [1.54, 1.807) is 0 Å². The summed E-state index contributed by atoms with van der Waals surface area (Å²) < 4.78 is 0.963. The molecule has 0 heterocycles. The minimum atomic E-state index is -0.0250. The normalized spacial score (nSPS) is 23.7. The number of nitrogens with two attached hydrogens (primary N) is 1. The Bertz CT molecular complexity index is 461. The van der Waals surface area contributed by atoms with E-state index in [0.717, 1.165) is 29.3 Å². The Kier molecular flexibility index (Phi) is 4.99. The molecule has 2 rings (SSSR count). The summed E-state index contributed by atoms with van der Waals surface area (Å²) in [4.78, 5) is 12.2. The molecule has 2 atom stereocenters. The fourth-order valence-corrected chi connectivity index (χ4v) is 2.88. The van der Waals surface area contributed by atoms with Gasteiger partial charge in [0.25, 0.3) is 5.91 Å². The van der Waals surface area contributed by atoms with Crippen LogP contribution < -0.4 is 11.1 Å². The van der Waals surface area contributed by atoms with E-state index >= 15 is 0 Å². The molecule has 0 spiro atoms. The van der Waals surface area contributed by atoms with Crippen LogP contribution in [0.25, 0.3) is 0 Å². The van der Waals surface area contributed by atoms with E-state index < -0.39 is 0 Å². The third-order valence-electron chi connectivity index (χ3n) is 3.82. The number of nitrogens with one attached hydrogen (secondary N) is 1. The fourth-order valence-electron chi connectivity index (χ4n) is 2.50. The monoisotopic (exact) mass is 324 g/mol. The minimum absolute atomic E-state index is 0.0250. The molecular formula is C15H21BrN2O. The number of carbonyl (C=O) groups excluding carboxylic acids is 1. The Morgan fingerprint density at radius 3 is 2.79 bits per heavy atom. The summed E-state index contributed by atoms with van der Waals surface area (Å²) >= 11 is 3.46. The lowest BCUT2D eigenvalue weighted by Crippen LogP contribution is -2.46. The zero-order chi connectivity index (χ0) is 13.8. The molecule has 1 fully saturated rings. The summed E-state index contributed by atoms with van der Waals surface area (Å²) in [7, 11) is 0. The maximum Gasteiger partial charge on any atom is 0.251 e. The summed E-state index contributed by atoms with van der Waals surface area (Å²) in [5.74, 6) is -0.0250. The highest BCUT2D eigenvalue weighted by Gasteiger charge is 2.22. The highest BCUT2D eigenvalue weighted by atomic mass is 79.9. The second-order valence-electron chi connectivity index (χ2n) is 5.35. The van der Waals surface area contributed by atoms with Gasteiger partial charge in [-0.25, -0.2) is 0 Å². The Labute approximate surface area is 123 Å². The number of halogens is 1. The van der Waals surface area contributed by atoms with Crippen molar-refractivity contribution in [3.8, 4) is 0 Å². The van der Waals surface area contributed by atoms with Crippen LogP contribution >= 0.6 is 15.9 Å². The topological polar surface area (TPSA) is 55.1 Å². The van der Waals surface area contributed by atoms with E-state index in [9.17, 15) is 4.79 Å². The molecule has 3 N–H and O–H groups in total. The first kappa shape index (κ1) is 14.5. The lowest BCUT2D eigenvalue weighted by atomic mass is 10.0. The molecule has 19 heavy (non-hydrogen) atoms. The van der Waals surface area contributed by atoms with E-state index in [0.29, 0.717) is 5.56 Å². The average Bonchev–Trinajstić information content (AvgIpc) is 2.58. The highest BCUT2D eigenvalue weighted by molar-refractivity contribution is 9.10. The smallest absolute Gasteiger partial charge is 0.251 e. The van der Waals surface area contributed by atoms with Crippen molar-refractivity contribution in [3.05, 3.63) is 33.8 Å². The van der Waals surface area contributed by atoms with Crippen LogP contribution in [0.1, 0.15) is 48.0 Å². The molecule has 0 aromatic heterocycles. The van der Waals surface area contributed by atoms with Gasteiger partial charge in [0.2, 0.25) is 0 Å². The molecule has 0 bridgehead atoms. The number of benzene rings is 1. The summed E-state index contributed by atoms with van der Waals surface area (Å²) in [6, 6.07) is 5.87. The van der Waals surface area contributed by atoms with Crippen molar-refractivity contribution < 1.29 is 4.79 Å². The van der Waals surface area contributed by atoms with Crippen LogP contribution in [0.4, 0.5) is 0 Å². The van der Waals surface area contributed by atoms with E-state index in [1.165, 1.54) is 12.8 Å². The van der Waals surface area contributed by atoms with E-state index in [1.807, 2.05) is 25.1 Å². The van der Waals surface area contributed by atoms with Crippen LogP contribution in [-0.4, -0.2) is 18.0 Å². The minimum Gasteiger partial charge on any atom is -0.348 e. The summed E-state index contributed by atoms with van der Waals surface area (Å²) in [5.41, 5.74) is 7.95. The van der Waals surface area contributed by atoms with Crippen molar-refractivity contribution in [2.24, 2.45) is 5.73 Å². The summed E-state index contributed by atoms with van der Waals surface area (Å²) in [6.07, 6.45) is 5.53. The number of rotatable bonds is 2. The molecule has 2 unspecified atom stereocenters. The number of carbonyl (C=O) groups is 1. The van der Waals surface area contributed by atoms with Crippen LogP contribution in [0, 0.1) is 6.92 Å². The second kappa shape index (κ2) is 6.53. The second-order valence-corrected chi connectivity index (χ2v) is 6.20. The van der Waals surface area contributed by atoms with Gasteiger partial charge in [0, 0.05) is 22.1 Å². The number of hydrogen-bond donors (Lipinski definition) is 2. The predicted octanol–water partition coefficient (Wildman–Crippen LogP) is 3.15. The molecule has 0 saturated heterocycles. The average molecular weight is 325 g/mol. The fraction of sp³-hybridized carbons (Fsp3) is 0.533. The van der Waals surface area contributed by atoms with Crippen LogP contribution in [0.2, 0.25) is 0 Å². The molecule has 1 aliphatic rings. The van der Waals surface area contributed by atoms with Gasteiger partial charge in [-0.05, 0) is 37.5 Å². The maximum atomic E-state index is 12.2. The van der Waals surface area contributed by atoms with E-state index in [4.69, 9.17) is 5.73 Å². The van der Waals surface area contributed by atoms with Gasteiger partial charge in [-0.2, -0.15) is 0 Å².